The molecule has 0 amide bonds. The van der Waals surface area contributed by atoms with E-state index in [1.54, 1.807) is 24.4 Å². The zero-order valence-corrected chi connectivity index (χ0v) is 19.8. The lowest BCUT2D eigenvalue weighted by Crippen LogP contribution is -2.30. The topological polar surface area (TPSA) is 53.3 Å². The van der Waals surface area contributed by atoms with Crippen LogP contribution >= 0.6 is 39.7 Å². The Balaban J connectivity index is 1.70. The maximum atomic E-state index is 10.7. The van der Waals surface area contributed by atoms with Crippen molar-refractivity contribution in [1.82, 2.24) is 14.9 Å². The summed E-state index contributed by atoms with van der Waals surface area (Å²) in [6.07, 6.45) is 3.79. The number of aromatic hydroxyl groups is 1. The van der Waals surface area contributed by atoms with Gasteiger partial charge >= 0.3 is 0 Å². The number of nitrogens with one attached hydrogen (secondary N) is 1. The molecule has 8 heteroatoms. The molecule has 2 N–H and O–H groups in total. The standard InChI is InChI=1S/C24H18BrClN4OS/c25-15-5-3-6-17(13-15)29-12-4-8-19(29)23-22(18-7-1-2-11-27-18)28-24(32)30(23)20-14-16(26)9-10-21(20)31/h1-14,22-23,31H,(H,28,32)/t22-,23-/m1/s1. The van der Waals surface area contributed by atoms with Gasteiger partial charge in [-0.05, 0) is 72.9 Å². The molecule has 2 aromatic carbocycles. The largest absolute Gasteiger partial charge is 0.506 e. The number of rotatable bonds is 4. The van der Waals surface area contributed by atoms with Gasteiger partial charge in [0.05, 0.1) is 17.4 Å². The zero-order valence-electron chi connectivity index (χ0n) is 16.7. The molecule has 5 nitrogen and oxygen atoms in total. The van der Waals surface area contributed by atoms with E-state index < -0.39 is 0 Å². The number of thiocarbonyl (C=S) groups is 1. The van der Waals surface area contributed by atoms with Crippen LogP contribution in [0.4, 0.5) is 5.69 Å². The number of halogens is 2. The summed E-state index contributed by atoms with van der Waals surface area (Å²) in [5.74, 6) is 0.103. The molecule has 0 radical (unpaired) electrons. The van der Waals surface area contributed by atoms with Crippen molar-refractivity contribution in [3.8, 4) is 11.4 Å². The Kier molecular flexibility index (Phi) is 5.63. The van der Waals surface area contributed by atoms with Gasteiger partial charge in [-0.3, -0.25) is 4.98 Å². The molecule has 1 saturated heterocycles. The smallest absolute Gasteiger partial charge is 0.174 e. The fourth-order valence-electron chi connectivity index (χ4n) is 4.10. The van der Waals surface area contributed by atoms with Gasteiger partial charge in [0.2, 0.25) is 0 Å². The fraction of sp³-hybridized carbons (Fsp3) is 0.0833. The van der Waals surface area contributed by atoms with E-state index in [-0.39, 0.29) is 17.8 Å². The molecule has 4 aromatic rings. The minimum atomic E-state index is -0.282. The average Bonchev–Trinajstić information content (AvgIpc) is 3.40. The van der Waals surface area contributed by atoms with Crippen molar-refractivity contribution in [3.05, 3.63) is 106 Å². The summed E-state index contributed by atoms with van der Waals surface area (Å²) < 4.78 is 3.11. The highest BCUT2D eigenvalue weighted by Crippen LogP contribution is 2.45. The van der Waals surface area contributed by atoms with Crippen LogP contribution in [0.5, 0.6) is 5.75 Å². The van der Waals surface area contributed by atoms with E-state index in [2.05, 4.69) is 42.9 Å². The highest BCUT2D eigenvalue weighted by atomic mass is 79.9. The minimum absolute atomic E-state index is 0.103. The van der Waals surface area contributed by atoms with Crippen LogP contribution in [0.2, 0.25) is 5.02 Å². The third-order valence-corrected chi connectivity index (χ3v) is 6.51. The van der Waals surface area contributed by atoms with Crippen LogP contribution in [0, 0.1) is 0 Å². The second-order valence-electron chi connectivity index (χ2n) is 7.41. The van der Waals surface area contributed by atoms with Gasteiger partial charge in [-0.25, -0.2) is 0 Å². The number of hydrogen-bond donors (Lipinski definition) is 2. The Morgan fingerprint density at radius 3 is 2.69 bits per heavy atom. The summed E-state index contributed by atoms with van der Waals surface area (Å²) in [5, 5.41) is 15.1. The number of nitrogens with zero attached hydrogens (tertiary/aromatic N) is 3. The van der Waals surface area contributed by atoms with Crippen LogP contribution < -0.4 is 10.2 Å². The van der Waals surface area contributed by atoms with Crippen molar-refractivity contribution in [2.24, 2.45) is 0 Å². The molecule has 0 saturated carbocycles. The van der Waals surface area contributed by atoms with Crippen molar-refractivity contribution >= 4 is 50.5 Å². The number of aromatic nitrogens is 2. The zero-order chi connectivity index (χ0) is 22.2. The molecule has 5 rings (SSSR count). The Morgan fingerprint density at radius 2 is 1.91 bits per heavy atom. The summed E-state index contributed by atoms with van der Waals surface area (Å²) in [7, 11) is 0. The van der Waals surface area contributed by atoms with E-state index in [0.717, 1.165) is 21.5 Å². The first-order chi connectivity index (χ1) is 15.5. The van der Waals surface area contributed by atoms with Gasteiger partial charge in [-0.1, -0.05) is 39.7 Å². The predicted octanol–water partition coefficient (Wildman–Crippen LogP) is 6.17. The first kappa shape index (κ1) is 21.0. The minimum Gasteiger partial charge on any atom is -0.506 e. The van der Waals surface area contributed by atoms with Gasteiger partial charge in [-0.15, -0.1) is 0 Å². The van der Waals surface area contributed by atoms with Crippen molar-refractivity contribution in [1.29, 1.82) is 0 Å². The van der Waals surface area contributed by atoms with Crippen LogP contribution in [0.1, 0.15) is 23.5 Å². The monoisotopic (exact) mass is 524 g/mol. The molecule has 2 atom stereocenters. The van der Waals surface area contributed by atoms with E-state index in [1.807, 2.05) is 53.6 Å². The molecular weight excluding hydrogens is 508 g/mol. The highest BCUT2D eigenvalue weighted by molar-refractivity contribution is 9.10. The van der Waals surface area contributed by atoms with Crippen LogP contribution in [0.3, 0.4) is 0 Å². The Hall–Kier alpha value is -2.87. The van der Waals surface area contributed by atoms with E-state index in [9.17, 15) is 5.11 Å². The second-order valence-corrected chi connectivity index (χ2v) is 9.15. The number of benzene rings is 2. The third-order valence-electron chi connectivity index (χ3n) is 5.46. The van der Waals surface area contributed by atoms with Gasteiger partial charge < -0.3 is 19.9 Å². The van der Waals surface area contributed by atoms with Gasteiger partial charge in [0.15, 0.2) is 5.11 Å². The SMILES string of the molecule is Oc1ccc(Cl)cc1N1C(=S)N[C@H](c2ccccn2)[C@H]1c1cccn1-c1cccc(Br)c1. The van der Waals surface area contributed by atoms with Crippen LogP contribution in [-0.4, -0.2) is 19.8 Å². The number of phenols is 1. The molecule has 0 bridgehead atoms. The number of phenolic OH excluding ortho intramolecular Hbond substituents is 1. The molecule has 0 spiro atoms. The van der Waals surface area contributed by atoms with Crippen LogP contribution in [0.15, 0.2) is 89.7 Å². The first-order valence-electron chi connectivity index (χ1n) is 9.95. The Bertz CT molecular complexity index is 1300. The first-order valence-corrected chi connectivity index (χ1v) is 11.5. The van der Waals surface area contributed by atoms with Crippen molar-refractivity contribution in [2.75, 3.05) is 4.90 Å². The molecule has 0 unspecified atom stereocenters. The van der Waals surface area contributed by atoms with Gasteiger partial charge in [-0.2, -0.15) is 0 Å². The normalized spacial score (nSPS) is 18.1. The quantitative estimate of drug-likeness (QED) is 0.312. The summed E-state index contributed by atoms with van der Waals surface area (Å²) in [5.41, 5.74) is 3.39. The van der Waals surface area contributed by atoms with Crippen molar-refractivity contribution in [3.63, 3.8) is 0 Å². The molecule has 1 aliphatic rings. The maximum absolute atomic E-state index is 10.7. The van der Waals surface area contributed by atoms with E-state index in [4.69, 9.17) is 23.8 Å². The lowest BCUT2D eigenvalue weighted by atomic mass is 10.0. The number of anilines is 1. The summed E-state index contributed by atoms with van der Waals surface area (Å²) in [4.78, 5) is 6.50. The molecule has 160 valence electrons. The Morgan fingerprint density at radius 1 is 1.03 bits per heavy atom. The van der Waals surface area contributed by atoms with E-state index >= 15 is 0 Å². The van der Waals surface area contributed by atoms with Crippen LogP contribution in [-0.2, 0) is 0 Å². The van der Waals surface area contributed by atoms with E-state index in [0.29, 0.717) is 15.8 Å². The fourth-order valence-corrected chi connectivity index (χ4v) is 4.99. The highest BCUT2D eigenvalue weighted by Gasteiger charge is 2.43. The second kappa shape index (κ2) is 8.58. The number of pyridine rings is 1. The van der Waals surface area contributed by atoms with Gasteiger partial charge in [0.1, 0.15) is 11.8 Å². The lowest BCUT2D eigenvalue weighted by molar-refractivity contribution is 0.472. The lowest BCUT2D eigenvalue weighted by Gasteiger charge is -2.29. The molecule has 0 aliphatic carbocycles. The van der Waals surface area contributed by atoms with E-state index in [1.165, 1.54) is 0 Å². The molecule has 1 fully saturated rings. The average molecular weight is 526 g/mol. The molecular formula is C24H18BrClN4OS. The number of hydrogen-bond acceptors (Lipinski definition) is 3. The molecule has 2 aromatic heterocycles. The Labute approximate surface area is 204 Å². The summed E-state index contributed by atoms with van der Waals surface area (Å²) >= 11 is 15.6. The molecule has 3 heterocycles. The van der Waals surface area contributed by atoms with Crippen molar-refractivity contribution in [2.45, 2.75) is 12.1 Å². The van der Waals surface area contributed by atoms with Gasteiger partial charge in [0, 0.05) is 33.3 Å². The maximum Gasteiger partial charge on any atom is 0.174 e. The predicted molar refractivity (Wildman–Crippen MR) is 135 cm³/mol. The summed E-state index contributed by atoms with van der Waals surface area (Å²) in [6.45, 7) is 0. The summed E-state index contributed by atoms with van der Waals surface area (Å²) in [6, 6.07) is 22.4. The molecule has 32 heavy (non-hydrogen) atoms. The van der Waals surface area contributed by atoms with Crippen LogP contribution in [0.25, 0.3) is 5.69 Å². The third kappa shape index (κ3) is 3.77. The molecule has 1 aliphatic heterocycles. The van der Waals surface area contributed by atoms with Crippen molar-refractivity contribution < 1.29 is 5.11 Å². The van der Waals surface area contributed by atoms with Gasteiger partial charge in [0.25, 0.3) is 0 Å².